The lowest BCUT2D eigenvalue weighted by Crippen LogP contribution is -2.49. The average Bonchev–Trinajstić information content (AvgIpc) is 3.29. The number of cyclic esters (lactones) is 1. The molecule has 396 valence electrons. The van der Waals surface area contributed by atoms with Gasteiger partial charge in [0.1, 0.15) is 30.5 Å². The van der Waals surface area contributed by atoms with Gasteiger partial charge < -0.3 is 38.9 Å². The number of phosphoric acid groups is 1. The van der Waals surface area contributed by atoms with Crippen LogP contribution in [-0.2, 0) is 41.8 Å². The van der Waals surface area contributed by atoms with Gasteiger partial charge in [0, 0.05) is 31.4 Å². The summed E-state index contributed by atoms with van der Waals surface area (Å²) in [6, 6.07) is 0. The third-order valence-corrected chi connectivity index (χ3v) is 18.9. The van der Waals surface area contributed by atoms with Crippen LogP contribution >= 0.6 is 7.82 Å². The zero-order valence-corrected chi connectivity index (χ0v) is 46.2. The molecule has 0 bridgehead atoms. The molecule has 2 rings (SSSR count). The van der Waals surface area contributed by atoms with Gasteiger partial charge in [0.15, 0.2) is 8.32 Å². The SMILES string of the molecule is C=CCOC(=O)NCC[C@@](O)(/C=C/[C@@H]1OC(=O)C=C[C@@H]1CC)[C@@H](C[C@H](/C=C\C=C/[C@@H]1CCC[C@H](OC(=O)CCCC[C@@H](C)CC)C1)O[Si](C)(C)C(C)(C)C)OP(=O)(O)OCC=C.CCN(CC)CC. The number of carbonyl (C=O) groups excluding carboxylic acids is 3. The number of allylic oxidation sites excluding steroid dienone is 3. The molecule has 1 saturated carbocycles. The standard InChI is InChI=1S/C47H78NO12PSi.C6H15N/c1-11-32-55-45(51)48-31-30-47(52,29-28-41-38(14-4)26-27-44(50)58-41)42(59-61(53,54)56-33-12-2)35-40(60-62(9,10)46(6,7)8)23-17-16-21-37-22-19-24-39(34-37)57-43(49)25-18-15-20-36(5)13-3;1-4-7(5-2)6-3/h11-12,16-17,21,23,26-29,36-42,52H,1-2,13-15,18-20,22,24-25,30-35H2,3-10H3,(H,48,51)(H,53,54);4-6H2,1-3H3/b21-16-,23-17-,29-28+;/t36-,37+,38-,39-,40-,41-,42+,47-;/m0./s1. The predicted octanol–water partition coefficient (Wildman–Crippen LogP) is 11.7. The van der Waals surface area contributed by atoms with E-state index in [0.717, 1.165) is 51.4 Å². The first-order chi connectivity index (χ1) is 32.5. The van der Waals surface area contributed by atoms with Gasteiger partial charge in [-0.15, -0.1) is 6.58 Å². The van der Waals surface area contributed by atoms with Gasteiger partial charge in [-0.1, -0.05) is 137 Å². The number of hydrogen-bond donors (Lipinski definition) is 3. The van der Waals surface area contributed by atoms with Crippen LogP contribution < -0.4 is 5.32 Å². The van der Waals surface area contributed by atoms with Crippen LogP contribution in [0.4, 0.5) is 4.79 Å². The minimum absolute atomic E-state index is 0.0319. The Morgan fingerprint density at radius 1 is 1.03 bits per heavy atom. The molecule has 14 nitrogen and oxygen atoms in total. The molecule has 69 heavy (non-hydrogen) atoms. The lowest BCUT2D eigenvalue weighted by molar-refractivity contribution is -0.151. The monoisotopic (exact) mass is 1010 g/mol. The van der Waals surface area contributed by atoms with Crippen molar-refractivity contribution in [1.29, 1.82) is 0 Å². The second kappa shape index (κ2) is 33.5. The van der Waals surface area contributed by atoms with E-state index in [1.54, 1.807) is 12.2 Å². The van der Waals surface area contributed by atoms with Gasteiger partial charge in [-0.05, 0) is 101 Å². The molecule has 0 aromatic heterocycles. The van der Waals surface area contributed by atoms with Gasteiger partial charge in [-0.3, -0.25) is 13.8 Å². The highest BCUT2D eigenvalue weighted by Crippen LogP contribution is 2.48. The summed E-state index contributed by atoms with van der Waals surface area (Å²) in [5.74, 6) is -0.00417. The molecule has 2 aliphatic rings. The van der Waals surface area contributed by atoms with E-state index in [0.29, 0.717) is 18.8 Å². The van der Waals surface area contributed by atoms with Crippen molar-refractivity contribution in [3.8, 4) is 0 Å². The minimum atomic E-state index is -4.83. The highest BCUT2D eigenvalue weighted by molar-refractivity contribution is 7.47. The Hall–Kier alpha value is -3.14. The van der Waals surface area contributed by atoms with Crippen LogP contribution in [0, 0.1) is 17.8 Å². The Morgan fingerprint density at radius 2 is 1.71 bits per heavy atom. The molecule has 0 radical (unpaired) electrons. The number of nitrogens with zero attached hydrogens (tertiary/aromatic N) is 1. The second-order valence-electron chi connectivity index (χ2n) is 19.7. The van der Waals surface area contributed by atoms with Crippen molar-refractivity contribution < 1.29 is 56.6 Å². The first-order valence-corrected chi connectivity index (χ1v) is 30.0. The van der Waals surface area contributed by atoms with Gasteiger partial charge in [-0.2, -0.15) is 0 Å². The molecule has 1 unspecified atom stereocenters. The molecular formula is C53H93N2O12PSi. The van der Waals surface area contributed by atoms with Crippen LogP contribution in [0.25, 0.3) is 0 Å². The number of alkyl carbamates (subject to hydrolysis) is 1. The Balaban J connectivity index is 0.00000314. The van der Waals surface area contributed by atoms with Crippen molar-refractivity contribution in [2.45, 2.75) is 188 Å². The number of hydrogen-bond acceptors (Lipinski definition) is 12. The molecule has 0 saturated heterocycles. The Bertz CT molecular complexity index is 1690. The zero-order chi connectivity index (χ0) is 52.1. The predicted molar refractivity (Wildman–Crippen MR) is 280 cm³/mol. The lowest BCUT2D eigenvalue weighted by atomic mass is 9.86. The maximum absolute atomic E-state index is 13.5. The number of phosphoric ester groups is 1. The molecule has 0 aromatic carbocycles. The van der Waals surface area contributed by atoms with Crippen LogP contribution in [0.15, 0.2) is 73.9 Å². The van der Waals surface area contributed by atoms with E-state index in [4.69, 9.17) is 27.7 Å². The van der Waals surface area contributed by atoms with Crippen molar-refractivity contribution in [1.82, 2.24) is 10.2 Å². The topological polar surface area (TPSA) is 179 Å². The normalized spacial score (nSPS) is 22.0. The smallest absolute Gasteiger partial charge is 0.462 e. The Labute approximate surface area is 418 Å². The van der Waals surface area contributed by atoms with Gasteiger partial charge >= 0.3 is 25.9 Å². The van der Waals surface area contributed by atoms with Crippen molar-refractivity contribution in [3.63, 3.8) is 0 Å². The summed E-state index contributed by atoms with van der Waals surface area (Å²) in [5.41, 5.74) is -2.06. The molecule has 9 atom stereocenters. The van der Waals surface area contributed by atoms with Gasteiger partial charge in [0.05, 0.1) is 12.7 Å². The van der Waals surface area contributed by atoms with Crippen LogP contribution in [0.1, 0.15) is 139 Å². The van der Waals surface area contributed by atoms with E-state index in [9.17, 15) is 28.9 Å². The maximum atomic E-state index is 13.5. The molecule has 0 spiro atoms. The molecule has 3 N–H and O–H groups in total. The molecule has 0 aromatic rings. The number of carbonyl (C=O) groups is 3. The van der Waals surface area contributed by atoms with Gasteiger partial charge in [0.2, 0.25) is 0 Å². The average molecular weight is 1010 g/mol. The van der Waals surface area contributed by atoms with Crippen LogP contribution in [0.5, 0.6) is 0 Å². The number of nitrogens with one attached hydrogen (secondary N) is 1. The van der Waals surface area contributed by atoms with E-state index >= 15 is 0 Å². The third kappa shape index (κ3) is 26.2. The van der Waals surface area contributed by atoms with E-state index in [2.05, 4.69) is 97.9 Å². The molecule has 1 fully saturated rings. The minimum Gasteiger partial charge on any atom is -0.462 e. The van der Waals surface area contributed by atoms with E-state index in [1.165, 1.54) is 43.9 Å². The highest BCUT2D eigenvalue weighted by Gasteiger charge is 2.45. The van der Waals surface area contributed by atoms with E-state index < -0.39 is 52.1 Å². The summed E-state index contributed by atoms with van der Waals surface area (Å²) in [6.07, 6.45) is 21.0. The quantitative estimate of drug-likeness (QED) is 0.0114. The lowest BCUT2D eigenvalue weighted by Gasteiger charge is -2.41. The summed E-state index contributed by atoms with van der Waals surface area (Å²) in [6.45, 7) is 33.6. The van der Waals surface area contributed by atoms with Crippen molar-refractivity contribution >= 4 is 34.2 Å². The van der Waals surface area contributed by atoms with E-state index in [-0.39, 0.29) is 61.5 Å². The first-order valence-electron chi connectivity index (χ1n) is 25.5. The molecule has 1 amide bonds. The Morgan fingerprint density at radius 3 is 2.30 bits per heavy atom. The van der Waals surface area contributed by atoms with Crippen LogP contribution in [0.3, 0.4) is 0 Å². The van der Waals surface area contributed by atoms with Crippen LogP contribution in [0.2, 0.25) is 18.1 Å². The van der Waals surface area contributed by atoms with E-state index in [1.807, 2.05) is 25.2 Å². The summed E-state index contributed by atoms with van der Waals surface area (Å²) >= 11 is 0. The molecule has 16 heteroatoms. The molecular weight excluding hydrogens is 916 g/mol. The zero-order valence-electron chi connectivity index (χ0n) is 44.3. The number of rotatable bonds is 31. The summed E-state index contributed by atoms with van der Waals surface area (Å²) in [4.78, 5) is 50.7. The summed E-state index contributed by atoms with van der Waals surface area (Å²) < 4.78 is 48.0. The molecule has 1 aliphatic heterocycles. The van der Waals surface area contributed by atoms with Crippen LogP contribution in [-0.4, -0.2) is 111 Å². The molecule has 1 aliphatic carbocycles. The largest absolute Gasteiger partial charge is 0.472 e. The number of esters is 2. The first kappa shape index (κ1) is 63.9. The number of amides is 1. The maximum Gasteiger partial charge on any atom is 0.472 e. The number of aliphatic hydroxyl groups is 1. The van der Waals surface area contributed by atoms with Crippen molar-refractivity contribution in [2.24, 2.45) is 17.8 Å². The van der Waals surface area contributed by atoms with Gasteiger partial charge in [0.25, 0.3) is 0 Å². The summed E-state index contributed by atoms with van der Waals surface area (Å²) in [7, 11) is -7.37. The fourth-order valence-corrected chi connectivity index (χ4v) is 9.88. The fraction of sp³-hybridized carbons (Fsp3) is 0.717. The Kier molecular flexibility index (Phi) is 31.0. The van der Waals surface area contributed by atoms with Gasteiger partial charge in [-0.25, -0.2) is 14.2 Å². The fourth-order valence-electron chi connectivity index (χ4n) is 7.65. The highest BCUT2D eigenvalue weighted by atomic mass is 31.2. The third-order valence-electron chi connectivity index (χ3n) is 13.4. The number of unbranched alkanes of at least 4 members (excludes halogenated alkanes) is 1. The summed E-state index contributed by atoms with van der Waals surface area (Å²) in [5, 5.41) is 15.0. The number of ether oxygens (including phenoxy) is 3. The second-order valence-corrected chi connectivity index (χ2v) is 25.9. The van der Waals surface area contributed by atoms with Crippen molar-refractivity contribution in [3.05, 3.63) is 73.9 Å². The van der Waals surface area contributed by atoms with Crippen molar-refractivity contribution in [2.75, 3.05) is 39.4 Å². The molecule has 1 heterocycles.